The minimum Gasteiger partial charge on any atom is -0.465 e. The molecule has 6 nitrogen and oxygen atoms in total. The van der Waals surface area contributed by atoms with Crippen molar-refractivity contribution in [3.63, 3.8) is 0 Å². The lowest BCUT2D eigenvalue weighted by atomic mass is 9.93. The molecule has 1 aromatic carbocycles. The summed E-state index contributed by atoms with van der Waals surface area (Å²) in [4.78, 5) is 36.7. The normalized spacial score (nSPS) is 12.2. The Bertz CT molecular complexity index is 683. The van der Waals surface area contributed by atoms with Gasteiger partial charge in [-0.3, -0.25) is 9.59 Å². The highest BCUT2D eigenvalue weighted by molar-refractivity contribution is 5.89. The Morgan fingerprint density at radius 3 is 1.57 bits per heavy atom. The van der Waals surface area contributed by atoms with Gasteiger partial charge in [-0.15, -0.1) is 0 Å². The van der Waals surface area contributed by atoms with Crippen molar-refractivity contribution in [2.24, 2.45) is 16.2 Å². The first-order valence-corrected chi connectivity index (χ1v) is 9.31. The highest BCUT2D eigenvalue weighted by atomic mass is 16.6. The molecule has 0 amide bonds. The minimum atomic E-state index is -1.05. The van der Waals surface area contributed by atoms with Crippen LogP contribution in [0.15, 0.2) is 30.3 Å². The molecule has 0 aliphatic heterocycles. The molecule has 6 heteroatoms. The second kappa shape index (κ2) is 9.22. The van der Waals surface area contributed by atoms with E-state index in [1.165, 1.54) is 0 Å². The van der Waals surface area contributed by atoms with E-state index in [0.717, 1.165) is 0 Å². The summed E-state index contributed by atoms with van der Waals surface area (Å²) in [5, 5.41) is 0. The van der Waals surface area contributed by atoms with Gasteiger partial charge in [-0.05, 0) is 45.2 Å². The monoisotopic (exact) mass is 392 g/mol. The molecule has 1 rings (SSSR count). The lowest BCUT2D eigenvalue weighted by Gasteiger charge is -2.28. The fraction of sp³-hybridized carbons (Fsp3) is 0.591. The van der Waals surface area contributed by atoms with Crippen LogP contribution in [0.2, 0.25) is 0 Å². The third-order valence-corrected chi connectivity index (χ3v) is 3.88. The standard InChI is InChI=1S/C22H32O6/c1-20(2,3)13-27-18(24)22(6,7)15-28-19(25)21(4,5)14-26-17(23)16-11-9-8-10-12-16/h8-12H,13-15H2,1-7H3. The van der Waals surface area contributed by atoms with Crippen LogP contribution in [0.5, 0.6) is 0 Å². The van der Waals surface area contributed by atoms with Crippen molar-refractivity contribution >= 4 is 17.9 Å². The Morgan fingerprint density at radius 2 is 1.11 bits per heavy atom. The van der Waals surface area contributed by atoms with Crippen molar-refractivity contribution in [3.8, 4) is 0 Å². The minimum absolute atomic E-state index is 0.120. The Labute approximate surface area is 167 Å². The van der Waals surface area contributed by atoms with E-state index in [1.54, 1.807) is 58.0 Å². The van der Waals surface area contributed by atoms with Gasteiger partial charge in [0.25, 0.3) is 0 Å². The number of hydrogen-bond acceptors (Lipinski definition) is 6. The van der Waals surface area contributed by atoms with Crippen LogP contribution in [-0.4, -0.2) is 37.7 Å². The maximum Gasteiger partial charge on any atom is 0.338 e. The third kappa shape index (κ3) is 7.71. The smallest absolute Gasteiger partial charge is 0.338 e. The molecule has 0 radical (unpaired) electrons. The number of hydrogen-bond donors (Lipinski definition) is 0. The van der Waals surface area contributed by atoms with E-state index < -0.39 is 28.7 Å². The molecule has 0 aromatic heterocycles. The van der Waals surface area contributed by atoms with Gasteiger partial charge in [0.2, 0.25) is 0 Å². The van der Waals surface area contributed by atoms with Crippen LogP contribution in [0.3, 0.4) is 0 Å². The fourth-order valence-corrected chi connectivity index (χ4v) is 1.94. The lowest BCUT2D eigenvalue weighted by Crippen LogP contribution is -2.38. The summed E-state index contributed by atoms with van der Waals surface area (Å²) in [6, 6.07) is 8.54. The van der Waals surface area contributed by atoms with Crippen molar-refractivity contribution < 1.29 is 28.6 Å². The summed E-state index contributed by atoms with van der Waals surface area (Å²) in [5.74, 6) is -1.49. The van der Waals surface area contributed by atoms with Crippen molar-refractivity contribution in [2.75, 3.05) is 19.8 Å². The van der Waals surface area contributed by atoms with E-state index in [1.807, 2.05) is 20.8 Å². The van der Waals surface area contributed by atoms with Crippen LogP contribution < -0.4 is 0 Å². The summed E-state index contributed by atoms with van der Waals surface area (Å²) in [6.45, 7) is 12.5. The molecule has 0 aliphatic carbocycles. The summed E-state index contributed by atoms with van der Waals surface area (Å²) in [5.41, 5.74) is -1.75. The van der Waals surface area contributed by atoms with Gasteiger partial charge < -0.3 is 14.2 Å². The number of ether oxygens (including phenoxy) is 3. The number of esters is 3. The molecule has 0 bridgehead atoms. The number of benzene rings is 1. The average Bonchev–Trinajstić information content (AvgIpc) is 2.62. The summed E-state index contributed by atoms with van der Waals surface area (Å²) < 4.78 is 15.9. The Hall–Kier alpha value is -2.37. The van der Waals surface area contributed by atoms with E-state index in [9.17, 15) is 14.4 Å². The lowest BCUT2D eigenvalue weighted by molar-refractivity contribution is -0.168. The van der Waals surface area contributed by atoms with Crippen molar-refractivity contribution in [1.29, 1.82) is 0 Å². The Morgan fingerprint density at radius 1 is 0.679 bits per heavy atom. The predicted octanol–water partition coefficient (Wildman–Crippen LogP) is 4.03. The molecule has 0 fully saturated rings. The topological polar surface area (TPSA) is 78.9 Å². The van der Waals surface area contributed by atoms with E-state index in [0.29, 0.717) is 5.56 Å². The Balaban J connectivity index is 2.55. The molecule has 1 aromatic rings. The van der Waals surface area contributed by atoms with Gasteiger partial charge in [-0.1, -0.05) is 39.0 Å². The molecule has 0 atom stereocenters. The van der Waals surface area contributed by atoms with Gasteiger partial charge in [-0.25, -0.2) is 4.79 Å². The van der Waals surface area contributed by atoms with Gasteiger partial charge in [0.15, 0.2) is 0 Å². The van der Waals surface area contributed by atoms with E-state index in [4.69, 9.17) is 14.2 Å². The highest BCUT2D eigenvalue weighted by Gasteiger charge is 2.36. The number of carbonyl (C=O) groups is 3. The molecule has 0 heterocycles. The van der Waals surface area contributed by atoms with Gasteiger partial charge in [-0.2, -0.15) is 0 Å². The van der Waals surface area contributed by atoms with Crippen molar-refractivity contribution in [1.82, 2.24) is 0 Å². The maximum absolute atomic E-state index is 12.4. The van der Waals surface area contributed by atoms with Crippen molar-refractivity contribution in [3.05, 3.63) is 35.9 Å². The molecule has 0 aliphatic rings. The zero-order valence-electron chi connectivity index (χ0n) is 18.0. The summed E-state index contributed by atoms with van der Waals surface area (Å²) >= 11 is 0. The van der Waals surface area contributed by atoms with Crippen LogP contribution in [0.25, 0.3) is 0 Å². The third-order valence-electron chi connectivity index (χ3n) is 3.88. The maximum atomic E-state index is 12.4. The van der Waals surface area contributed by atoms with Crippen LogP contribution in [0, 0.1) is 16.2 Å². The second-order valence-electron chi connectivity index (χ2n) is 9.42. The van der Waals surface area contributed by atoms with E-state index in [2.05, 4.69) is 0 Å². The molecular formula is C22H32O6. The molecule has 0 spiro atoms. The molecule has 156 valence electrons. The summed E-state index contributed by atoms with van der Waals surface area (Å²) in [6.07, 6.45) is 0. The number of carbonyl (C=O) groups excluding carboxylic acids is 3. The zero-order valence-corrected chi connectivity index (χ0v) is 18.0. The quantitative estimate of drug-likeness (QED) is 0.491. The van der Waals surface area contributed by atoms with Crippen LogP contribution >= 0.6 is 0 Å². The van der Waals surface area contributed by atoms with Gasteiger partial charge >= 0.3 is 17.9 Å². The van der Waals surface area contributed by atoms with E-state index >= 15 is 0 Å². The van der Waals surface area contributed by atoms with Gasteiger partial charge in [0.1, 0.15) is 13.2 Å². The van der Waals surface area contributed by atoms with Gasteiger partial charge in [0, 0.05) is 0 Å². The second-order valence-corrected chi connectivity index (χ2v) is 9.42. The molecular weight excluding hydrogens is 360 g/mol. The molecule has 0 N–H and O–H groups in total. The van der Waals surface area contributed by atoms with Crippen LogP contribution in [0.4, 0.5) is 0 Å². The average molecular weight is 392 g/mol. The molecule has 0 saturated heterocycles. The zero-order chi connectivity index (χ0) is 21.6. The largest absolute Gasteiger partial charge is 0.465 e. The predicted molar refractivity (Wildman–Crippen MR) is 106 cm³/mol. The Kier molecular flexibility index (Phi) is 7.79. The molecule has 0 unspecified atom stereocenters. The first-order valence-electron chi connectivity index (χ1n) is 9.31. The molecule has 0 saturated carbocycles. The van der Waals surface area contributed by atoms with Crippen LogP contribution in [0.1, 0.15) is 58.8 Å². The van der Waals surface area contributed by atoms with Gasteiger partial charge in [0.05, 0.1) is 23.0 Å². The first kappa shape index (κ1) is 23.7. The summed E-state index contributed by atoms with van der Waals surface area (Å²) in [7, 11) is 0. The highest BCUT2D eigenvalue weighted by Crippen LogP contribution is 2.24. The SMILES string of the molecule is CC(C)(C)COC(=O)C(C)(C)COC(=O)C(C)(C)COC(=O)c1ccccc1. The van der Waals surface area contributed by atoms with Crippen molar-refractivity contribution in [2.45, 2.75) is 48.5 Å². The first-order chi connectivity index (χ1) is 12.7. The number of rotatable bonds is 8. The van der Waals surface area contributed by atoms with Crippen LogP contribution in [-0.2, 0) is 23.8 Å². The fourth-order valence-electron chi connectivity index (χ4n) is 1.94. The molecule has 28 heavy (non-hydrogen) atoms. The van der Waals surface area contributed by atoms with E-state index in [-0.39, 0.29) is 25.2 Å².